The Balaban J connectivity index is 1.76. The van der Waals surface area contributed by atoms with E-state index in [4.69, 9.17) is 4.99 Å². The lowest BCUT2D eigenvalue weighted by molar-refractivity contribution is 0.0874. The summed E-state index contributed by atoms with van der Waals surface area (Å²) >= 11 is 0. The third-order valence-electron chi connectivity index (χ3n) is 6.54. The number of rotatable bonds is 8. The molecule has 1 heterocycles. The molecule has 1 aromatic heterocycles. The maximum absolute atomic E-state index is 13.3. The highest BCUT2D eigenvalue weighted by atomic mass is 16.1. The lowest BCUT2D eigenvalue weighted by Gasteiger charge is -2.39. The molecule has 3 rings (SSSR count). The number of aliphatic imine (C=N–C) groups is 1. The van der Waals surface area contributed by atoms with E-state index in [9.17, 15) is 4.79 Å². The number of likely N-dealkylation sites (N-methyl/N-ethyl adjacent to an activating group) is 1. The molecule has 2 atom stereocenters. The van der Waals surface area contributed by atoms with Crippen molar-refractivity contribution in [2.75, 3.05) is 32.5 Å². The first kappa shape index (κ1) is 25.9. The standard InChI is InChI=1S/C28H41N5O/c1-19-16-24(18-28(4,5)17-19)32-27(34)25-12-13-29-21(3)26(25)31-20(2)22-8-10-23(11-9-22)30-14-15-33(6)7/h8-13,19,24,30H,14-18H2,1-7H3,(H,32,34). The van der Waals surface area contributed by atoms with Crippen LogP contribution in [-0.4, -0.2) is 54.7 Å². The number of nitrogens with one attached hydrogen (secondary N) is 2. The average molecular weight is 464 g/mol. The molecule has 2 unspecified atom stereocenters. The summed E-state index contributed by atoms with van der Waals surface area (Å²) in [6.07, 6.45) is 4.91. The third kappa shape index (κ3) is 7.13. The van der Waals surface area contributed by atoms with Crippen LogP contribution in [0.25, 0.3) is 0 Å². The number of hydrogen-bond donors (Lipinski definition) is 2. The van der Waals surface area contributed by atoms with E-state index in [2.05, 4.69) is 79.6 Å². The molecule has 0 bridgehead atoms. The maximum Gasteiger partial charge on any atom is 0.253 e. The van der Waals surface area contributed by atoms with E-state index in [0.717, 1.165) is 48.6 Å². The number of carbonyl (C=O) groups excluding carboxylic acids is 1. The minimum Gasteiger partial charge on any atom is -0.384 e. The molecule has 1 fully saturated rings. The smallest absolute Gasteiger partial charge is 0.253 e. The first-order valence-corrected chi connectivity index (χ1v) is 12.3. The van der Waals surface area contributed by atoms with E-state index in [1.165, 1.54) is 6.42 Å². The molecular weight excluding hydrogens is 422 g/mol. The van der Waals surface area contributed by atoms with Crippen molar-refractivity contribution in [2.24, 2.45) is 16.3 Å². The Bertz CT molecular complexity index is 1010. The number of nitrogens with zero attached hydrogens (tertiary/aromatic N) is 3. The van der Waals surface area contributed by atoms with E-state index in [1.807, 2.05) is 13.8 Å². The zero-order chi connectivity index (χ0) is 24.9. The van der Waals surface area contributed by atoms with Crippen molar-refractivity contribution in [1.29, 1.82) is 0 Å². The second-order valence-corrected chi connectivity index (χ2v) is 10.9. The van der Waals surface area contributed by atoms with Gasteiger partial charge >= 0.3 is 0 Å². The second-order valence-electron chi connectivity index (χ2n) is 10.9. The van der Waals surface area contributed by atoms with Gasteiger partial charge in [0.2, 0.25) is 0 Å². The Kier molecular flexibility index (Phi) is 8.47. The van der Waals surface area contributed by atoms with Gasteiger partial charge in [0, 0.05) is 36.7 Å². The van der Waals surface area contributed by atoms with Crippen LogP contribution in [0.2, 0.25) is 0 Å². The molecule has 2 N–H and O–H groups in total. The molecule has 0 radical (unpaired) electrons. The number of aryl methyl sites for hydroxylation is 1. The van der Waals surface area contributed by atoms with Crippen LogP contribution in [0.1, 0.15) is 68.6 Å². The number of pyridine rings is 1. The van der Waals surface area contributed by atoms with Crippen LogP contribution in [0.4, 0.5) is 11.4 Å². The molecule has 1 aliphatic rings. The van der Waals surface area contributed by atoms with Crippen molar-refractivity contribution in [1.82, 2.24) is 15.2 Å². The average Bonchev–Trinajstić information content (AvgIpc) is 2.73. The lowest BCUT2D eigenvalue weighted by atomic mass is 9.70. The Morgan fingerprint density at radius 2 is 1.88 bits per heavy atom. The molecule has 2 aromatic rings. The Hall–Kier alpha value is -2.73. The largest absolute Gasteiger partial charge is 0.384 e. The van der Waals surface area contributed by atoms with Gasteiger partial charge in [-0.2, -0.15) is 0 Å². The summed E-state index contributed by atoms with van der Waals surface area (Å²) in [5.41, 5.74) is 5.20. The lowest BCUT2D eigenvalue weighted by Crippen LogP contribution is -2.43. The van der Waals surface area contributed by atoms with Crippen LogP contribution < -0.4 is 10.6 Å². The highest BCUT2D eigenvalue weighted by Gasteiger charge is 2.33. The van der Waals surface area contributed by atoms with Crippen molar-refractivity contribution in [3.05, 3.63) is 53.3 Å². The van der Waals surface area contributed by atoms with Crippen molar-refractivity contribution in [3.8, 4) is 0 Å². The molecule has 6 nitrogen and oxygen atoms in total. The zero-order valence-corrected chi connectivity index (χ0v) is 21.9. The first-order valence-electron chi connectivity index (χ1n) is 12.3. The van der Waals surface area contributed by atoms with Gasteiger partial charge in [-0.05, 0) is 82.3 Å². The summed E-state index contributed by atoms with van der Waals surface area (Å²) in [6.45, 7) is 12.6. The summed E-state index contributed by atoms with van der Waals surface area (Å²) in [5.74, 6) is 0.542. The van der Waals surface area contributed by atoms with Crippen LogP contribution in [0, 0.1) is 18.3 Å². The maximum atomic E-state index is 13.3. The number of anilines is 1. The number of hydrogen-bond acceptors (Lipinski definition) is 5. The minimum absolute atomic E-state index is 0.0626. The van der Waals surface area contributed by atoms with Gasteiger partial charge in [-0.1, -0.05) is 32.9 Å². The first-order chi connectivity index (χ1) is 16.0. The van der Waals surface area contributed by atoms with E-state index >= 15 is 0 Å². The molecule has 1 saturated carbocycles. The third-order valence-corrected chi connectivity index (χ3v) is 6.54. The van der Waals surface area contributed by atoms with Gasteiger partial charge in [-0.25, -0.2) is 0 Å². The molecule has 1 aromatic carbocycles. The number of aromatic nitrogens is 1. The van der Waals surface area contributed by atoms with Gasteiger partial charge in [0.05, 0.1) is 16.9 Å². The number of carbonyl (C=O) groups is 1. The summed E-state index contributed by atoms with van der Waals surface area (Å²) in [5, 5.41) is 6.72. The van der Waals surface area contributed by atoms with Gasteiger partial charge in [-0.15, -0.1) is 0 Å². The summed E-state index contributed by atoms with van der Waals surface area (Å²) in [7, 11) is 4.13. The quantitative estimate of drug-likeness (QED) is 0.511. The summed E-state index contributed by atoms with van der Waals surface area (Å²) < 4.78 is 0. The molecule has 0 aliphatic heterocycles. The van der Waals surface area contributed by atoms with Crippen LogP contribution in [0.5, 0.6) is 0 Å². The zero-order valence-electron chi connectivity index (χ0n) is 21.9. The Morgan fingerprint density at radius 3 is 2.53 bits per heavy atom. The second kappa shape index (κ2) is 11.1. The van der Waals surface area contributed by atoms with E-state index in [0.29, 0.717) is 17.2 Å². The molecule has 0 saturated heterocycles. The normalized spacial score (nSPS) is 20.3. The van der Waals surface area contributed by atoms with Crippen molar-refractivity contribution in [3.63, 3.8) is 0 Å². The fraction of sp³-hybridized carbons (Fsp3) is 0.536. The van der Waals surface area contributed by atoms with Crippen molar-refractivity contribution < 1.29 is 4.79 Å². The van der Waals surface area contributed by atoms with Crippen LogP contribution in [0.15, 0.2) is 41.5 Å². The molecule has 1 amide bonds. The van der Waals surface area contributed by atoms with Gasteiger partial charge in [0.1, 0.15) is 0 Å². The predicted molar refractivity (Wildman–Crippen MR) is 142 cm³/mol. The Morgan fingerprint density at radius 1 is 1.18 bits per heavy atom. The highest BCUT2D eigenvalue weighted by Crippen LogP contribution is 2.38. The molecular formula is C28H41N5O. The predicted octanol–water partition coefficient (Wildman–Crippen LogP) is 5.45. The minimum atomic E-state index is -0.0626. The fourth-order valence-electron chi connectivity index (χ4n) is 5.09. The van der Waals surface area contributed by atoms with E-state index in [-0.39, 0.29) is 17.4 Å². The molecule has 0 spiro atoms. The monoisotopic (exact) mass is 463 g/mol. The van der Waals surface area contributed by atoms with Crippen LogP contribution in [0.3, 0.4) is 0 Å². The highest BCUT2D eigenvalue weighted by molar-refractivity contribution is 6.04. The summed E-state index contributed by atoms with van der Waals surface area (Å²) in [6, 6.07) is 10.2. The molecule has 1 aliphatic carbocycles. The molecule has 34 heavy (non-hydrogen) atoms. The van der Waals surface area contributed by atoms with Crippen molar-refractivity contribution >= 4 is 23.0 Å². The van der Waals surface area contributed by atoms with E-state index < -0.39 is 0 Å². The number of benzene rings is 1. The fourth-order valence-corrected chi connectivity index (χ4v) is 5.09. The SMILES string of the molecule is CC(=Nc1c(C(=O)NC2CC(C)CC(C)(C)C2)ccnc1C)c1ccc(NCCN(C)C)cc1. The number of amides is 1. The Labute approximate surface area is 205 Å². The molecule has 184 valence electrons. The van der Waals surface area contributed by atoms with Crippen LogP contribution >= 0.6 is 0 Å². The van der Waals surface area contributed by atoms with Gasteiger partial charge in [-0.3, -0.25) is 14.8 Å². The van der Waals surface area contributed by atoms with Gasteiger partial charge in [0.25, 0.3) is 5.91 Å². The van der Waals surface area contributed by atoms with E-state index in [1.54, 1.807) is 12.3 Å². The van der Waals surface area contributed by atoms with Crippen LogP contribution in [-0.2, 0) is 0 Å². The van der Waals surface area contributed by atoms with Gasteiger partial charge in [0.15, 0.2) is 0 Å². The topological polar surface area (TPSA) is 69.6 Å². The summed E-state index contributed by atoms with van der Waals surface area (Å²) in [4.78, 5) is 24.7. The van der Waals surface area contributed by atoms with Crippen molar-refractivity contribution in [2.45, 2.75) is 59.9 Å². The van der Waals surface area contributed by atoms with Gasteiger partial charge < -0.3 is 15.5 Å². The molecule has 6 heteroatoms.